The first-order valence-electron chi connectivity index (χ1n) is 10.6. The van der Waals surface area contributed by atoms with E-state index in [0.717, 1.165) is 12.8 Å². The normalized spacial score (nSPS) is 14.2. The van der Waals surface area contributed by atoms with Crippen molar-refractivity contribution in [2.24, 2.45) is 11.7 Å². The zero-order chi connectivity index (χ0) is 23.4. The zero-order valence-corrected chi connectivity index (χ0v) is 18.0. The first-order chi connectivity index (χ1) is 15.9. The van der Waals surface area contributed by atoms with Gasteiger partial charge in [-0.25, -0.2) is 4.98 Å². The summed E-state index contributed by atoms with van der Waals surface area (Å²) < 4.78 is 41.7. The molecule has 174 valence electrons. The minimum Gasteiger partial charge on any atom is -0.489 e. The second kappa shape index (κ2) is 9.95. The molecule has 0 bridgehead atoms. The summed E-state index contributed by atoms with van der Waals surface area (Å²) in [5.41, 5.74) is 7.16. The van der Waals surface area contributed by atoms with Gasteiger partial charge in [0, 0.05) is 11.8 Å². The largest absolute Gasteiger partial charge is 0.489 e. The maximum absolute atomic E-state index is 12.8. The van der Waals surface area contributed by atoms with Crippen LogP contribution in [0, 0.1) is 5.92 Å². The quantitative estimate of drug-likeness (QED) is 0.471. The predicted octanol–water partition coefficient (Wildman–Crippen LogP) is 4.08. The number of hydrogen-bond donors (Lipinski definition) is 2. The van der Waals surface area contributed by atoms with Crippen LogP contribution in [0.4, 0.5) is 8.78 Å². The number of oxazole rings is 1. The number of nitrogens with zero attached hydrogens (tertiary/aromatic N) is 2. The number of carbonyl (C=O) groups excluding carboxylic acids is 1. The Morgan fingerprint density at radius 2 is 2.09 bits per heavy atom. The minimum absolute atomic E-state index is 0.0456. The van der Waals surface area contributed by atoms with Gasteiger partial charge < -0.3 is 24.9 Å². The maximum Gasteiger partial charge on any atom is 0.387 e. The Bertz CT molecular complexity index is 1100. The van der Waals surface area contributed by atoms with E-state index in [-0.39, 0.29) is 35.4 Å². The molecule has 3 aromatic rings. The number of alkyl halides is 2. The van der Waals surface area contributed by atoms with E-state index >= 15 is 0 Å². The number of rotatable bonds is 10. The molecule has 1 fully saturated rings. The lowest BCUT2D eigenvalue weighted by Crippen LogP contribution is -2.25. The molecule has 1 amide bonds. The van der Waals surface area contributed by atoms with Gasteiger partial charge in [0.25, 0.3) is 5.91 Å². The summed E-state index contributed by atoms with van der Waals surface area (Å²) in [6, 6.07) is 9.16. The second-order valence-electron chi connectivity index (χ2n) is 7.82. The molecule has 1 unspecified atom stereocenters. The smallest absolute Gasteiger partial charge is 0.387 e. The van der Waals surface area contributed by atoms with Crippen molar-refractivity contribution in [3.05, 3.63) is 59.7 Å². The molecular weight excluding hydrogens is 434 g/mol. The number of ether oxygens (including phenoxy) is 2. The third-order valence-electron chi connectivity index (χ3n) is 5.02. The van der Waals surface area contributed by atoms with Gasteiger partial charge in [0.15, 0.2) is 23.0 Å². The fraction of sp³-hybridized carbons (Fsp3) is 0.348. The second-order valence-corrected chi connectivity index (χ2v) is 7.82. The van der Waals surface area contributed by atoms with Crippen molar-refractivity contribution < 1.29 is 27.5 Å². The molecule has 33 heavy (non-hydrogen) atoms. The lowest BCUT2D eigenvalue weighted by molar-refractivity contribution is -0.0515. The molecule has 1 atom stereocenters. The van der Waals surface area contributed by atoms with E-state index in [1.54, 1.807) is 25.3 Å². The number of benzene rings is 1. The van der Waals surface area contributed by atoms with Crippen LogP contribution in [0.2, 0.25) is 0 Å². The molecule has 2 heterocycles. The molecule has 2 aromatic heterocycles. The number of nitrogens with one attached hydrogen (secondary N) is 1. The fourth-order valence-electron chi connectivity index (χ4n) is 3.12. The summed E-state index contributed by atoms with van der Waals surface area (Å²) in [6.45, 7) is -0.705. The van der Waals surface area contributed by atoms with Crippen molar-refractivity contribution in [2.75, 3.05) is 6.61 Å². The lowest BCUT2D eigenvalue weighted by atomic mass is 10.2. The number of nitrogens with two attached hydrogens (primary N) is 1. The van der Waals surface area contributed by atoms with E-state index in [4.69, 9.17) is 14.9 Å². The molecule has 1 aliphatic carbocycles. The molecule has 4 rings (SSSR count). The fourth-order valence-corrected chi connectivity index (χ4v) is 3.12. The van der Waals surface area contributed by atoms with Crippen molar-refractivity contribution >= 4 is 5.91 Å². The zero-order valence-electron chi connectivity index (χ0n) is 18.0. The van der Waals surface area contributed by atoms with Crippen LogP contribution >= 0.6 is 0 Å². The van der Waals surface area contributed by atoms with E-state index in [2.05, 4.69) is 20.0 Å². The molecule has 0 radical (unpaired) electrons. The Hall–Kier alpha value is -3.53. The summed E-state index contributed by atoms with van der Waals surface area (Å²) in [4.78, 5) is 21.3. The van der Waals surface area contributed by atoms with Gasteiger partial charge in [-0.3, -0.25) is 9.78 Å². The number of halogens is 2. The van der Waals surface area contributed by atoms with Gasteiger partial charge in [-0.15, -0.1) is 0 Å². The van der Waals surface area contributed by atoms with Crippen molar-refractivity contribution in [1.29, 1.82) is 0 Å². The molecule has 1 saturated carbocycles. The van der Waals surface area contributed by atoms with E-state index in [1.165, 1.54) is 18.2 Å². The van der Waals surface area contributed by atoms with E-state index in [9.17, 15) is 13.6 Å². The molecule has 0 spiro atoms. The van der Waals surface area contributed by atoms with Crippen molar-refractivity contribution in [3.8, 4) is 23.0 Å². The summed E-state index contributed by atoms with van der Waals surface area (Å²) >= 11 is 0. The van der Waals surface area contributed by atoms with Gasteiger partial charge in [0.05, 0.1) is 24.9 Å². The van der Waals surface area contributed by atoms with Crippen molar-refractivity contribution in [2.45, 2.75) is 39.0 Å². The van der Waals surface area contributed by atoms with Gasteiger partial charge in [0.2, 0.25) is 5.89 Å². The Morgan fingerprint density at radius 3 is 2.76 bits per heavy atom. The first kappa shape index (κ1) is 22.7. The van der Waals surface area contributed by atoms with Crippen LogP contribution < -0.4 is 20.5 Å². The number of carbonyl (C=O) groups is 1. The lowest BCUT2D eigenvalue weighted by Gasteiger charge is -2.12. The molecule has 3 N–H and O–H groups in total. The highest BCUT2D eigenvalue weighted by molar-refractivity contribution is 5.93. The van der Waals surface area contributed by atoms with Gasteiger partial charge in [-0.2, -0.15) is 8.78 Å². The molecular formula is C23H24F2N4O4. The predicted molar refractivity (Wildman–Crippen MR) is 115 cm³/mol. The number of aromatic nitrogens is 2. The topological polar surface area (TPSA) is 113 Å². The van der Waals surface area contributed by atoms with Crippen LogP contribution in [0.1, 0.15) is 47.7 Å². The van der Waals surface area contributed by atoms with Crippen LogP contribution in [0.15, 0.2) is 47.0 Å². The molecule has 1 aromatic carbocycles. The molecule has 8 nitrogen and oxygen atoms in total. The third kappa shape index (κ3) is 5.83. The van der Waals surface area contributed by atoms with E-state index in [1.807, 2.05) is 6.07 Å². The van der Waals surface area contributed by atoms with Crippen molar-refractivity contribution in [1.82, 2.24) is 15.3 Å². The molecule has 0 saturated heterocycles. The summed E-state index contributed by atoms with van der Waals surface area (Å²) in [5, 5.41) is 2.75. The molecule has 0 aliphatic heterocycles. The summed E-state index contributed by atoms with van der Waals surface area (Å²) in [6.07, 6.45) is 3.71. The summed E-state index contributed by atoms with van der Waals surface area (Å²) in [7, 11) is 0. The highest BCUT2D eigenvalue weighted by Crippen LogP contribution is 2.37. The Labute approximate surface area is 189 Å². The van der Waals surface area contributed by atoms with Gasteiger partial charge in [0.1, 0.15) is 0 Å². The van der Waals surface area contributed by atoms with Gasteiger partial charge in [-0.1, -0.05) is 6.07 Å². The SMILES string of the molecule is CC(N)c1oc(-c2ccc(OC(F)F)c(OCC3CC3)c2)nc1C(=O)NCc1ccccn1. The highest BCUT2D eigenvalue weighted by Gasteiger charge is 2.26. The summed E-state index contributed by atoms with van der Waals surface area (Å²) in [5.74, 6) is 0.338. The highest BCUT2D eigenvalue weighted by atomic mass is 19.3. The maximum atomic E-state index is 12.8. The van der Waals surface area contributed by atoms with Gasteiger partial charge >= 0.3 is 6.61 Å². The van der Waals surface area contributed by atoms with E-state index in [0.29, 0.717) is 23.8 Å². The molecule has 10 heteroatoms. The Morgan fingerprint density at radius 1 is 1.27 bits per heavy atom. The van der Waals surface area contributed by atoms with Crippen LogP contribution in [-0.4, -0.2) is 29.1 Å². The first-order valence-corrected chi connectivity index (χ1v) is 10.6. The number of pyridine rings is 1. The van der Waals surface area contributed by atoms with Crippen LogP contribution in [0.5, 0.6) is 11.5 Å². The van der Waals surface area contributed by atoms with Gasteiger partial charge in [-0.05, 0) is 56.0 Å². The minimum atomic E-state index is -2.99. The average Bonchev–Trinajstić information content (AvgIpc) is 3.52. The number of hydrogen-bond acceptors (Lipinski definition) is 7. The van der Waals surface area contributed by atoms with Crippen LogP contribution in [0.3, 0.4) is 0 Å². The standard InChI is InChI=1S/C23H24F2N4O4/c1-13(26)20-19(21(30)28-11-16-4-2-3-9-27-16)29-22(33-20)15-7-8-17(32-23(24)25)18(10-15)31-12-14-5-6-14/h2-4,7-10,13-14,23H,5-6,11-12,26H2,1H3,(H,28,30). The van der Waals surface area contributed by atoms with Crippen LogP contribution in [-0.2, 0) is 6.54 Å². The monoisotopic (exact) mass is 458 g/mol. The molecule has 1 aliphatic rings. The Balaban J connectivity index is 1.58. The number of amides is 1. The Kier molecular flexibility index (Phi) is 6.83. The van der Waals surface area contributed by atoms with Crippen molar-refractivity contribution in [3.63, 3.8) is 0 Å². The van der Waals surface area contributed by atoms with Crippen LogP contribution in [0.25, 0.3) is 11.5 Å². The third-order valence-corrected chi connectivity index (χ3v) is 5.02. The average molecular weight is 458 g/mol. The van der Waals surface area contributed by atoms with E-state index < -0.39 is 18.6 Å².